The van der Waals surface area contributed by atoms with E-state index in [0.717, 1.165) is 25.1 Å². The van der Waals surface area contributed by atoms with Crippen LogP contribution in [0.5, 0.6) is 0 Å². The third-order valence-corrected chi connectivity index (χ3v) is 4.22. The van der Waals surface area contributed by atoms with Crippen LogP contribution in [0, 0.1) is 17.7 Å². The smallest absolute Gasteiger partial charge is 0.126 e. The standard InChI is InChI=1S/C16H24FN/c1-3-18-11-13-9-8-12(2)10-15(13)14-6-4-5-7-16(14)17/h4-7,12-13,15,18H,3,8-11H2,1-2H3. The van der Waals surface area contributed by atoms with E-state index >= 15 is 0 Å². The lowest BCUT2D eigenvalue weighted by molar-refractivity contribution is 0.239. The molecule has 1 aliphatic rings. The molecule has 1 aromatic carbocycles. The van der Waals surface area contributed by atoms with Gasteiger partial charge in [-0.15, -0.1) is 0 Å². The Labute approximate surface area is 110 Å². The molecule has 1 aromatic rings. The Hall–Kier alpha value is -0.890. The van der Waals surface area contributed by atoms with E-state index in [4.69, 9.17) is 0 Å². The summed E-state index contributed by atoms with van der Waals surface area (Å²) in [6.07, 6.45) is 3.62. The van der Waals surface area contributed by atoms with E-state index in [1.54, 1.807) is 12.1 Å². The zero-order chi connectivity index (χ0) is 13.0. The monoisotopic (exact) mass is 249 g/mol. The van der Waals surface area contributed by atoms with E-state index in [-0.39, 0.29) is 5.82 Å². The Morgan fingerprint density at radius 1 is 1.28 bits per heavy atom. The summed E-state index contributed by atoms with van der Waals surface area (Å²) in [4.78, 5) is 0. The molecule has 0 radical (unpaired) electrons. The molecule has 1 aliphatic carbocycles. The van der Waals surface area contributed by atoms with Crippen molar-refractivity contribution >= 4 is 0 Å². The molecule has 1 N–H and O–H groups in total. The van der Waals surface area contributed by atoms with Gasteiger partial charge in [0.2, 0.25) is 0 Å². The fourth-order valence-corrected chi connectivity index (χ4v) is 3.17. The Bertz CT molecular complexity index is 375. The van der Waals surface area contributed by atoms with Crippen molar-refractivity contribution in [2.45, 2.75) is 39.0 Å². The van der Waals surface area contributed by atoms with Gasteiger partial charge >= 0.3 is 0 Å². The highest BCUT2D eigenvalue weighted by atomic mass is 19.1. The second-order valence-corrected chi connectivity index (χ2v) is 5.61. The third kappa shape index (κ3) is 3.11. The molecule has 1 saturated carbocycles. The number of rotatable bonds is 4. The molecule has 0 aromatic heterocycles. The van der Waals surface area contributed by atoms with Gasteiger partial charge in [0.25, 0.3) is 0 Å². The maximum absolute atomic E-state index is 14.0. The largest absolute Gasteiger partial charge is 0.317 e. The fourth-order valence-electron chi connectivity index (χ4n) is 3.17. The molecular weight excluding hydrogens is 225 g/mol. The van der Waals surface area contributed by atoms with Gasteiger partial charge in [-0.1, -0.05) is 38.5 Å². The van der Waals surface area contributed by atoms with Crippen LogP contribution in [-0.4, -0.2) is 13.1 Å². The molecule has 100 valence electrons. The van der Waals surface area contributed by atoms with Gasteiger partial charge in [-0.2, -0.15) is 0 Å². The normalized spacial score (nSPS) is 28.3. The van der Waals surface area contributed by atoms with E-state index in [1.165, 1.54) is 12.8 Å². The first-order valence-corrected chi connectivity index (χ1v) is 7.17. The van der Waals surface area contributed by atoms with Gasteiger partial charge in [-0.05, 0) is 55.3 Å². The number of benzene rings is 1. The third-order valence-electron chi connectivity index (χ3n) is 4.22. The minimum atomic E-state index is -0.0295. The number of nitrogens with one attached hydrogen (secondary N) is 1. The van der Waals surface area contributed by atoms with Gasteiger partial charge in [-0.25, -0.2) is 4.39 Å². The van der Waals surface area contributed by atoms with Crippen LogP contribution in [0.15, 0.2) is 24.3 Å². The molecule has 2 rings (SSSR count). The van der Waals surface area contributed by atoms with Crippen molar-refractivity contribution in [2.75, 3.05) is 13.1 Å². The SMILES string of the molecule is CCNCC1CCC(C)CC1c1ccccc1F. The van der Waals surface area contributed by atoms with Crippen molar-refractivity contribution in [3.63, 3.8) is 0 Å². The molecule has 1 nitrogen and oxygen atoms in total. The predicted octanol–water partition coefficient (Wildman–Crippen LogP) is 3.96. The first kappa shape index (κ1) is 13.5. The molecule has 0 aliphatic heterocycles. The number of hydrogen-bond acceptors (Lipinski definition) is 1. The average molecular weight is 249 g/mol. The second kappa shape index (κ2) is 6.33. The van der Waals surface area contributed by atoms with E-state index in [9.17, 15) is 4.39 Å². The van der Waals surface area contributed by atoms with Crippen molar-refractivity contribution < 1.29 is 4.39 Å². The summed E-state index contributed by atoms with van der Waals surface area (Å²) in [6.45, 7) is 6.43. The van der Waals surface area contributed by atoms with Crippen LogP contribution in [0.4, 0.5) is 4.39 Å². The zero-order valence-corrected chi connectivity index (χ0v) is 11.5. The summed E-state index contributed by atoms with van der Waals surface area (Å²) in [7, 11) is 0. The van der Waals surface area contributed by atoms with Crippen LogP contribution in [0.2, 0.25) is 0 Å². The predicted molar refractivity (Wildman–Crippen MR) is 74.2 cm³/mol. The molecule has 0 spiro atoms. The first-order chi connectivity index (χ1) is 8.72. The molecule has 3 unspecified atom stereocenters. The summed E-state index contributed by atoms with van der Waals surface area (Å²) in [5, 5.41) is 3.43. The summed E-state index contributed by atoms with van der Waals surface area (Å²) >= 11 is 0. The Morgan fingerprint density at radius 3 is 2.78 bits per heavy atom. The molecule has 0 amide bonds. The highest BCUT2D eigenvalue weighted by Crippen LogP contribution is 2.40. The Kier molecular flexibility index (Phi) is 4.76. The quantitative estimate of drug-likeness (QED) is 0.852. The Balaban J connectivity index is 2.17. The van der Waals surface area contributed by atoms with Gasteiger partial charge in [0.1, 0.15) is 5.82 Å². The highest BCUT2D eigenvalue weighted by molar-refractivity contribution is 5.23. The first-order valence-electron chi connectivity index (χ1n) is 7.17. The van der Waals surface area contributed by atoms with Crippen LogP contribution in [0.3, 0.4) is 0 Å². The molecule has 0 bridgehead atoms. The van der Waals surface area contributed by atoms with Crippen molar-refractivity contribution in [1.29, 1.82) is 0 Å². The van der Waals surface area contributed by atoms with Crippen LogP contribution in [-0.2, 0) is 0 Å². The lowest BCUT2D eigenvalue weighted by Gasteiger charge is -2.35. The average Bonchev–Trinajstić information content (AvgIpc) is 2.38. The van der Waals surface area contributed by atoms with Crippen molar-refractivity contribution in [2.24, 2.45) is 11.8 Å². The van der Waals surface area contributed by atoms with Crippen LogP contribution in [0.25, 0.3) is 0 Å². The minimum Gasteiger partial charge on any atom is -0.317 e. The fraction of sp³-hybridized carbons (Fsp3) is 0.625. The van der Waals surface area contributed by atoms with Crippen molar-refractivity contribution in [3.8, 4) is 0 Å². The van der Waals surface area contributed by atoms with Crippen molar-refractivity contribution in [1.82, 2.24) is 5.32 Å². The topological polar surface area (TPSA) is 12.0 Å². The van der Waals surface area contributed by atoms with E-state index in [1.807, 2.05) is 12.1 Å². The van der Waals surface area contributed by atoms with E-state index in [0.29, 0.717) is 17.8 Å². The lowest BCUT2D eigenvalue weighted by Crippen LogP contribution is -2.31. The molecule has 0 saturated heterocycles. The summed E-state index contributed by atoms with van der Waals surface area (Å²) < 4.78 is 14.0. The number of halogens is 1. The summed E-state index contributed by atoms with van der Waals surface area (Å²) in [5.41, 5.74) is 0.923. The maximum Gasteiger partial charge on any atom is 0.126 e. The molecule has 2 heteroatoms. The molecule has 18 heavy (non-hydrogen) atoms. The van der Waals surface area contributed by atoms with Crippen molar-refractivity contribution in [3.05, 3.63) is 35.6 Å². The molecule has 1 fully saturated rings. The second-order valence-electron chi connectivity index (χ2n) is 5.61. The maximum atomic E-state index is 14.0. The zero-order valence-electron chi connectivity index (χ0n) is 11.5. The van der Waals surface area contributed by atoms with Gasteiger partial charge in [0, 0.05) is 0 Å². The molecule has 0 heterocycles. The van der Waals surface area contributed by atoms with Crippen LogP contribution >= 0.6 is 0 Å². The van der Waals surface area contributed by atoms with Gasteiger partial charge in [0.05, 0.1) is 0 Å². The summed E-state index contributed by atoms with van der Waals surface area (Å²) in [5.74, 6) is 1.65. The van der Waals surface area contributed by atoms with E-state index in [2.05, 4.69) is 19.2 Å². The Morgan fingerprint density at radius 2 is 2.06 bits per heavy atom. The number of hydrogen-bond donors (Lipinski definition) is 1. The lowest BCUT2D eigenvalue weighted by atomic mass is 9.71. The molecule has 3 atom stereocenters. The highest BCUT2D eigenvalue weighted by Gasteiger charge is 2.30. The van der Waals surface area contributed by atoms with Crippen LogP contribution < -0.4 is 5.32 Å². The molecular formula is C16H24FN. The minimum absolute atomic E-state index is 0.0295. The summed E-state index contributed by atoms with van der Waals surface area (Å²) in [6, 6.07) is 7.31. The van der Waals surface area contributed by atoms with Gasteiger partial charge < -0.3 is 5.32 Å². The van der Waals surface area contributed by atoms with Gasteiger partial charge in [0.15, 0.2) is 0 Å². The van der Waals surface area contributed by atoms with Crippen LogP contribution in [0.1, 0.15) is 44.6 Å². The van der Waals surface area contributed by atoms with Gasteiger partial charge in [-0.3, -0.25) is 0 Å². The van der Waals surface area contributed by atoms with E-state index < -0.39 is 0 Å².